The first-order valence-electron chi connectivity index (χ1n) is 5.78. The molecule has 2 aromatic rings. The van der Waals surface area contributed by atoms with E-state index in [0.29, 0.717) is 6.54 Å². The second kappa shape index (κ2) is 5.06. The molecule has 0 atom stereocenters. The fourth-order valence-corrected chi connectivity index (χ4v) is 2.22. The summed E-state index contributed by atoms with van der Waals surface area (Å²) < 4.78 is 2.59. The van der Waals surface area contributed by atoms with Gasteiger partial charge in [0.2, 0.25) is 0 Å². The van der Waals surface area contributed by atoms with Crippen LogP contribution in [0.25, 0.3) is 0 Å². The molecule has 0 radical (unpaired) electrons. The third-order valence-electron chi connectivity index (χ3n) is 3.12. The van der Waals surface area contributed by atoms with E-state index in [0.717, 1.165) is 21.4 Å². The van der Waals surface area contributed by atoms with Gasteiger partial charge in [-0.15, -0.1) is 0 Å². The Labute approximate surface area is 115 Å². The van der Waals surface area contributed by atoms with Crippen molar-refractivity contribution in [2.45, 2.75) is 27.3 Å². The molecule has 0 saturated heterocycles. The molecule has 94 valence electrons. The van der Waals surface area contributed by atoms with Crippen molar-refractivity contribution in [2.75, 3.05) is 0 Å². The molecule has 0 spiro atoms. The van der Waals surface area contributed by atoms with Gasteiger partial charge < -0.3 is 0 Å². The zero-order valence-corrected chi connectivity index (χ0v) is 12.3. The predicted molar refractivity (Wildman–Crippen MR) is 76.0 cm³/mol. The fraction of sp³-hybridized carbons (Fsp3) is 0.286. The highest BCUT2D eigenvalue weighted by Crippen LogP contribution is 2.18. The monoisotopic (exact) mass is 306 g/mol. The van der Waals surface area contributed by atoms with Gasteiger partial charge in [0, 0.05) is 5.69 Å². The summed E-state index contributed by atoms with van der Waals surface area (Å²) in [5.74, 6) is 0. The Morgan fingerprint density at radius 2 is 1.89 bits per heavy atom. The van der Waals surface area contributed by atoms with Crippen molar-refractivity contribution in [3.8, 4) is 0 Å². The SMILES string of the molecule is Cc1ccccc1Cn1c(C)c(Br)c(C)nc1=O. The molecule has 1 aromatic heterocycles. The number of aromatic nitrogens is 2. The summed E-state index contributed by atoms with van der Waals surface area (Å²) in [5, 5.41) is 0. The highest BCUT2D eigenvalue weighted by atomic mass is 79.9. The van der Waals surface area contributed by atoms with Crippen molar-refractivity contribution >= 4 is 15.9 Å². The van der Waals surface area contributed by atoms with Crippen molar-refractivity contribution in [2.24, 2.45) is 0 Å². The van der Waals surface area contributed by atoms with Gasteiger partial charge in [0.1, 0.15) is 0 Å². The number of aryl methyl sites for hydroxylation is 2. The van der Waals surface area contributed by atoms with E-state index in [1.54, 1.807) is 4.57 Å². The zero-order valence-electron chi connectivity index (χ0n) is 10.7. The quantitative estimate of drug-likeness (QED) is 0.855. The van der Waals surface area contributed by atoms with Gasteiger partial charge in [-0.3, -0.25) is 4.57 Å². The van der Waals surface area contributed by atoms with Crippen LogP contribution in [-0.2, 0) is 6.54 Å². The van der Waals surface area contributed by atoms with E-state index in [2.05, 4.69) is 20.9 Å². The molecule has 0 bridgehead atoms. The summed E-state index contributed by atoms with van der Waals surface area (Å²) in [6, 6.07) is 8.07. The molecule has 0 aliphatic carbocycles. The van der Waals surface area contributed by atoms with Gasteiger partial charge >= 0.3 is 5.69 Å². The summed E-state index contributed by atoms with van der Waals surface area (Å²) in [7, 11) is 0. The van der Waals surface area contributed by atoms with Crippen LogP contribution in [0, 0.1) is 20.8 Å². The second-order valence-corrected chi connectivity index (χ2v) is 5.18. The third kappa shape index (κ3) is 2.38. The number of halogens is 1. The molecular weight excluding hydrogens is 292 g/mol. The summed E-state index contributed by atoms with van der Waals surface area (Å²) in [4.78, 5) is 16.0. The third-order valence-corrected chi connectivity index (χ3v) is 4.27. The molecule has 1 heterocycles. The minimum absolute atomic E-state index is 0.198. The van der Waals surface area contributed by atoms with E-state index in [9.17, 15) is 4.79 Å². The molecule has 0 saturated carbocycles. The van der Waals surface area contributed by atoms with Crippen LogP contribution in [0.3, 0.4) is 0 Å². The average Bonchev–Trinajstić information content (AvgIpc) is 2.34. The van der Waals surface area contributed by atoms with Crippen molar-refractivity contribution in [1.29, 1.82) is 0 Å². The van der Waals surface area contributed by atoms with Crippen LogP contribution in [0.4, 0.5) is 0 Å². The number of benzene rings is 1. The van der Waals surface area contributed by atoms with Gasteiger partial charge in [0.25, 0.3) is 0 Å². The fourth-order valence-electron chi connectivity index (χ4n) is 1.92. The van der Waals surface area contributed by atoms with Crippen molar-refractivity contribution in [3.05, 3.63) is 61.7 Å². The van der Waals surface area contributed by atoms with Crippen molar-refractivity contribution in [1.82, 2.24) is 9.55 Å². The molecule has 0 aliphatic rings. The molecule has 0 amide bonds. The minimum Gasteiger partial charge on any atom is -0.291 e. The largest absolute Gasteiger partial charge is 0.348 e. The Morgan fingerprint density at radius 3 is 2.56 bits per heavy atom. The first-order valence-corrected chi connectivity index (χ1v) is 6.58. The van der Waals surface area contributed by atoms with Crippen LogP contribution < -0.4 is 5.69 Å². The number of hydrogen-bond donors (Lipinski definition) is 0. The van der Waals surface area contributed by atoms with Gasteiger partial charge in [0.15, 0.2) is 0 Å². The van der Waals surface area contributed by atoms with E-state index in [1.165, 1.54) is 5.56 Å². The number of rotatable bonds is 2. The topological polar surface area (TPSA) is 34.9 Å². The first kappa shape index (κ1) is 13.0. The maximum Gasteiger partial charge on any atom is 0.348 e. The highest BCUT2D eigenvalue weighted by molar-refractivity contribution is 9.10. The van der Waals surface area contributed by atoms with Crippen LogP contribution in [0.2, 0.25) is 0 Å². The van der Waals surface area contributed by atoms with E-state index in [4.69, 9.17) is 0 Å². The lowest BCUT2D eigenvalue weighted by molar-refractivity contribution is 0.686. The van der Waals surface area contributed by atoms with Crippen LogP contribution in [0.5, 0.6) is 0 Å². The van der Waals surface area contributed by atoms with Crippen LogP contribution in [0.15, 0.2) is 33.5 Å². The molecule has 3 nitrogen and oxygen atoms in total. The second-order valence-electron chi connectivity index (χ2n) is 4.39. The highest BCUT2D eigenvalue weighted by Gasteiger charge is 2.10. The van der Waals surface area contributed by atoms with Gasteiger partial charge in [-0.05, 0) is 47.8 Å². The smallest absolute Gasteiger partial charge is 0.291 e. The summed E-state index contributed by atoms with van der Waals surface area (Å²) in [6.45, 7) is 6.37. The molecule has 0 aliphatic heterocycles. The van der Waals surface area contributed by atoms with Crippen LogP contribution >= 0.6 is 15.9 Å². The predicted octanol–water partition coefficient (Wildman–Crippen LogP) is 2.98. The molecule has 0 N–H and O–H groups in total. The van der Waals surface area contributed by atoms with E-state index in [1.807, 2.05) is 45.0 Å². The van der Waals surface area contributed by atoms with E-state index in [-0.39, 0.29) is 5.69 Å². The zero-order chi connectivity index (χ0) is 13.3. The first-order chi connectivity index (χ1) is 8.50. The Morgan fingerprint density at radius 1 is 1.22 bits per heavy atom. The number of nitrogens with zero attached hydrogens (tertiary/aromatic N) is 2. The van der Waals surface area contributed by atoms with Gasteiger partial charge in [-0.2, -0.15) is 4.98 Å². The molecule has 0 fully saturated rings. The van der Waals surface area contributed by atoms with E-state index >= 15 is 0 Å². The molecule has 18 heavy (non-hydrogen) atoms. The lowest BCUT2D eigenvalue weighted by Gasteiger charge is -2.13. The van der Waals surface area contributed by atoms with Crippen molar-refractivity contribution < 1.29 is 0 Å². The molecule has 4 heteroatoms. The molecule has 2 rings (SSSR count). The lowest BCUT2D eigenvalue weighted by Crippen LogP contribution is -2.27. The van der Waals surface area contributed by atoms with E-state index < -0.39 is 0 Å². The molecule has 0 unspecified atom stereocenters. The average molecular weight is 307 g/mol. The van der Waals surface area contributed by atoms with Gasteiger partial charge in [-0.1, -0.05) is 24.3 Å². The Balaban J connectivity index is 2.51. The lowest BCUT2D eigenvalue weighted by atomic mass is 10.1. The maximum absolute atomic E-state index is 12.0. The molecule has 1 aromatic carbocycles. The minimum atomic E-state index is -0.198. The summed E-state index contributed by atoms with van der Waals surface area (Å²) >= 11 is 3.47. The Hall–Kier alpha value is -1.42. The molecular formula is C14H15BrN2O. The standard InChI is InChI=1S/C14H15BrN2O/c1-9-6-4-5-7-12(9)8-17-11(3)13(15)10(2)16-14(17)18/h4-7H,8H2,1-3H3. The van der Waals surface area contributed by atoms with Crippen LogP contribution in [0.1, 0.15) is 22.5 Å². The normalized spacial score (nSPS) is 10.7. The Kier molecular flexibility index (Phi) is 3.66. The summed E-state index contributed by atoms with van der Waals surface area (Å²) in [5.41, 5.74) is 3.77. The van der Waals surface area contributed by atoms with Gasteiger partial charge in [0.05, 0.1) is 16.7 Å². The van der Waals surface area contributed by atoms with Gasteiger partial charge in [-0.25, -0.2) is 4.79 Å². The maximum atomic E-state index is 12.0. The van der Waals surface area contributed by atoms with Crippen molar-refractivity contribution in [3.63, 3.8) is 0 Å². The summed E-state index contributed by atoms with van der Waals surface area (Å²) in [6.07, 6.45) is 0. The Bertz CT molecular complexity index is 647. The van der Waals surface area contributed by atoms with Crippen LogP contribution in [-0.4, -0.2) is 9.55 Å². The number of hydrogen-bond acceptors (Lipinski definition) is 2.